The number of para-hydroxylation sites is 1. The molecule has 4 nitrogen and oxygen atoms in total. The van der Waals surface area contributed by atoms with Crippen molar-refractivity contribution < 1.29 is 4.79 Å². The van der Waals surface area contributed by atoms with Crippen LogP contribution in [0.15, 0.2) is 70.8 Å². The molecule has 0 fully saturated rings. The topological polar surface area (TPSA) is 64.9 Å². The Kier molecular flexibility index (Phi) is 5.75. The molecule has 110 valence electrons. The fraction of sp³-hybridized carbons (Fsp3) is 0.0588. The summed E-state index contributed by atoms with van der Waals surface area (Å²) < 4.78 is 0.855. The quantitative estimate of drug-likeness (QED) is 0.636. The van der Waals surface area contributed by atoms with E-state index in [9.17, 15) is 4.79 Å². The van der Waals surface area contributed by atoms with E-state index in [-0.39, 0.29) is 5.57 Å². The van der Waals surface area contributed by atoms with E-state index >= 15 is 0 Å². The Bertz CT molecular complexity index is 720. The maximum Gasteiger partial charge on any atom is 0.263 e. The molecule has 0 heterocycles. The summed E-state index contributed by atoms with van der Waals surface area (Å²) in [4.78, 5) is 12.0. The Labute approximate surface area is 137 Å². The third-order valence-corrected chi connectivity index (χ3v) is 3.60. The number of nitrogens with one attached hydrogen (secondary N) is 2. The van der Waals surface area contributed by atoms with Gasteiger partial charge in [0.1, 0.15) is 11.6 Å². The molecule has 2 N–H and O–H groups in total. The highest BCUT2D eigenvalue weighted by Gasteiger charge is 2.08. The van der Waals surface area contributed by atoms with E-state index in [1.807, 2.05) is 60.7 Å². The van der Waals surface area contributed by atoms with Gasteiger partial charge >= 0.3 is 0 Å². The molecule has 22 heavy (non-hydrogen) atoms. The van der Waals surface area contributed by atoms with Crippen molar-refractivity contribution in [1.29, 1.82) is 5.26 Å². The third-order valence-electron chi connectivity index (χ3n) is 2.91. The Hall–Kier alpha value is -2.58. The molecule has 0 saturated heterocycles. The molecule has 0 bridgehead atoms. The number of nitrogens with zero attached hydrogens (tertiary/aromatic N) is 1. The summed E-state index contributed by atoms with van der Waals surface area (Å²) in [5.41, 5.74) is 1.78. The molecule has 2 rings (SSSR count). The first-order valence-electron chi connectivity index (χ1n) is 6.64. The summed E-state index contributed by atoms with van der Waals surface area (Å²) in [6.45, 7) is 0.383. The van der Waals surface area contributed by atoms with Crippen molar-refractivity contribution in [3.05, 3.63) is 76.4 Å². The van der Waals surface area contributed by atoms with Crippen LogP contribution in [0.3, 0.4) is 0 Å². The second-order valence-corrected chi connectivity index (χ2v) is 5.32. The van der Waals surface area contributed by atoms with Gasteiger partial charge in [0.25, 0.3) is 5.91 Å². The molecule has 0 saturated carbocycles. The molecular weight excluding hydrogens is 342 g/mol. The van der Waals surface area contributed by atoms with E-state index in [0.29, 0.717) is 6.54 Å². The molecule has 0 spiro atoms. The molecule has 0 aliphatic rings. The predicted molar refractivity (Wildman–Crippen MR) is 89.7 cm³/mol. The molecule has 2 aromatic rings. The molecule has 0 aliphatic carbocycles. The van der Waals surface area contributed by atoms with Crippen LogP contribution in [-0.4, -0.2) is 5.91 Å². The summed E-state index contributed by atoms with van der Waals surface area (Å²) >= 11 is 3.39. The molecule has 2 aromatic carbocycles. The van der Waals surface area contributed by atoms with Crippen LogP contribution in [0.4, 0.5) is 5.69 Å². The standard InChI is InChI=1S/C17H14BrN3O/c18-15-8-4-5-9-16(15)20-12-14(10-19)17(22)21-11-13-6-2-1-3-7-13/h1-9,12,20H,11H2,(H,21,22)/b14-12-. The number of hydrogen-bond acceptors (Lipinski definition) is 3. The Balaban J connectivity index is 1.99. The highest BCUT2D eigenvalue weighted by Crippen LogP contribution is 2.21. The second-order valence-electron chi connectivity index (χ2n) is 4.46. The van der Waals surface area contributed by atoms with E-state index in [2.05, 4.69) is 26.6 Å². The molecule has 0 radical (unpaired) electrons. The lowest BCUT2D eigenvalue weighted by Gasteiger charge is -2.06. The van der Waals surface area contributed by atoms with Crippen LogP contribution < -0.4 is 10.6 Å². The van der Waals surface area contributed by atoms with Gasteiger partial charge in [0.05, 0.1) is 5.69 Å². The SMILES string of the molecule is N#C/C(=C/Nc1ccccc1Br)C(=O)NCc1ccccc1. The van der Waals surface area contributed by atoms with Gasteiger partial charge in [-0.15, -0.1) is 0 Å². The molecule has 0 aromatic heterocycles. The van der Waals surface area contributed by atoms with Crippen molar-refractivity contribution >= 4 is 27.5 Å². The van der Waals surface area contributed by atoms with Gasteiger partial charge in [-0.05, 0) is 33.6 Å². The van der Waals surface area contributed by atoms with Crippen molar-refractivity contribution in [2.75, 3.05) is 5.32 Å². The van der Waals surface area contributed by atoms with Crippen LogP contribution in [0.25, 0.3) is 0 Å². The normalized spacial score (nSPS) is 10.6. The van der Waals surface area contributed by atoms with Crippen molar-refractivity contribution in [3.63, 3.8) is 0 Å². The maximum absolute atomic E-state index is 12.0. The van der Waals surface area contributed by atoms with Gasteiger partial charge in [-0.3, -0.25) is 4.79 Å². The zero-order chi connectivity index (χ0) is 15.8. The summed E-state index contributed by atoms with van der Waals surface area (Å²) in [5, 5.41) is 14.8. The monoisotopic (exact) mass is 355 g/mol. The minimum atomic E-state index is -0.411. The van der Waals surface area contributed by atoms with Gasteiger partial charge in [-0.1, -0.05) is 42.5 Å². The van der Waals surface area contributed by atoms with Crippen LogP contribution in [0.1, 0.15) is 5.56 Å². The van der Waals surface area contributed by atoms with E-state index in [1.165, 1.54) is 6.20 Å². The van der Waals surface area contributed by atoms with Crippen LogP contribution >= 0.6 is 15.9 Å². The fourth-order valence-electron chi connectivity index (χ4n) is 1.75. The van der Waals surface area contributed by atoms with Crippen molar-refractivity contribution in [3.8, 4) is 6.07 Å². The number of rotatable bonds is 5. The summed E-state index contributed by atoms with van der Waals surface area (Å²) in [5.74, 6) is -0.411. The third kappa shape index (κ3) is 4.47. The number of hydrogen-bond donors (Lipinski definition) is 2. The maximum atomic E-state index is 12.0. The van der Waals surface area contributed by atoms with Crippen molar-refractivity contribution in [2.24, 2.45) is 0 Å². The number of nitriles is 1. The van der Waals surface area contributed by atoms with Crippen LogP contribution in [0.2, 0.25) is 0 Å². The molecular formula is C17H14BrN3O. The first-order valence-corrected chi connectivity index (χ1v) is 7.43. The van der Waals surface area contributed by atoms with Gasteiger partial charge in [-0.2, -0.15) is 5.26 Å². The molecule has 1 amide bonds. The summed E-state index contributed by atoms with van der Waals surface area (Å²) in [6, 6.07) is 18.9. The van der Waals surface area contributed by atoms with Crippen LogP contribution in [0, 0.1) is 11.3 Å². The lowest BCUT2D eigenvalue weighted by atomic mass is 10.2. The zero-order valence-electron chi connectivity index (χ0n) is 11.7. The Morgan fingerprint density at radius 3 is 2.50 bits per heavy atom. The number of carbonyl (C=O) groups is 1. The second kappa shape index (κ2) is 8.01. The lowest BCUT2D eigenvalue weighted by molar-refractivity contribution is -0.117. The summed E-state index contributed by atoms with van der Waals surface area (Å²) in [6.07, 6.45) is 1.40. The number of carbonyl (C=O) groups excluding carboxylic acids is 1. The first-order chi connectivity index (χ1) is 10.7. The smallest absolute Gasteiger partial charge is 0.263 e. The van der Waals surface area contributed by atoms with E-state index in [4.69, 9.17) is 5.26 Å². The molecule has 0 unspecified atom stereocenters. The average molecular weight is 356 g/mol. The van der Waals surface area contributed by atoms with Gasteiger partial charge in [-0.25, -0.2) is 0 Å². The summed E-state index contributed by atoms with van der Waals surface area (Å²) in [7, 11) is 0. The van der Waals surface area contributed by atoms with Gasteiger partial charge in [0.2, 0.25) is 0 Å². The zero-order valence-corrected chi connectivity index (χ0v) is 13.3. The number of amides is 1. The first kappa shape index (κ1) is 15.8. The fourth-order valence-corrected chi connectivity index (χ4v) is 2.15. The average Bonchev–Trinajstić information content (AvgIpc) is 2.56. The van der Waals surface area contributed by atoms with E-state index in [1.54, 1.807) is 0 Å². The largest absolute Gasteiger partial charge is 0.359 e. The van der Waals surface area contributed by atoms with E-state index in [0.717, 1.165) is 15.7 Å². The van der Waals surface area contributed by atoms with Crippen molar-refractivity contribution in [1.82, 2.24) is 5.32 Å². The molecule has 0 aliphatic heterocycles. The van der Waals surface area contributed by atoms with Gasteiger partial charge in [0, 0.05) is 17.2 Å². The van der Waals surface area contributed by atoms with Crippen LogP contribution in [0.5, 0.6) is 0 Å². The minimum absolute atomic E-state index is 0.0201. The Morgan fingerprint density at radius 1 is 1.14 bits per heavy atom. The highest BCUT2D eigenvalue weighted by molar-refractivity contribution is 9.10. The van der Waals surface area contributed by atoms with Crippen molar-refractivity contribution in [2.45, 2.75) is 6.54 Å². The van der Waals surface area contributed by atoms with Gasteiger partial charge in [0.15, 0.2) is 0 Å². The number of benzene rings is 2. The minimum Gasteiger partial charge on any atom is -0.359 e. The number of halogens is 1. The lowest BCUT2D eigenvalue weighted by Crippen LogP contribution is -2.24. The molecule has 0 atom stereocenters. The highest BCUT2D eigenvalue weighted by atomic mass is 79.9. The van der Waals surface area contributed by atoms with Crippen LogP contribution in [-0.2, 0) is 11.3 Å². The Morgan fingerprint density at radius 2 is 1.82 bits per heavy atom. The predicted octanol–water partition coefficient (Wildman–Crippen LogP) is 3.58. The number of anilines is 1. The van der Waals surface area contributed by atoms with Gasteiger partial charge < -0.3 is 10.6 Å². The molecule has 5 heteroatoms. The van der Waals surface area contributed by atoms with E-state index < -0.39 is 5.91 Å².